The van der Waals surface area contributed by atoms with Crippen LogP contribution in [0.1, 0.15) is 40.0 Å². The Morgan fingerprint density at radius 3 is 2.62 bits per heavy atom. The summed E-state index contributed by atoms with van der Waals surface area (Å²) in [5, 5.41) is 4.00. The Morgan fingerprint density at radius 2 is 2.00 bits per heavy atom. The van der Waals surface area contributed by atoms with Crippen LogP contribution in [0.25, 0.3) is 0 Å². The number of carbonyl (C=O) groups is 1. The Kier molecular flexibility index (Phi) is 4.99. The number of primary amides is 1. The zero-order valence-electron chi connectivity index (χ0n) is 12.2. The molecule has 0 heterocycles. The number of aryl methyl sites for hydroxylation is 1. The van der Waals surface area contributed by atoms with E-state index in [-0.39, 0.29) is 6.04 Å². The Hall–Kier alpha value is -1.84. The van der Waals surface area contributed by atoms with Crippen LogP contribution in [-0.4, -0.2) is 5.91 Å². The number of benzene rings is 2. The molecule has 0 saturated carbocycles. The van der Waals surface area contributed by atoms with Gasteiger partial charge in [0.05, 0.1) is 0 Å². The summed E-state index contributed by atoms with van der Waals surface area (Å²) in [5.41, 5.74) is 9.13. The molecule has 0 radical (unpaired) electrons. The van der Waals surface area contributed by atoms with Gasteiger partial charge in [-0.15, -0.1) is 0 Å². The fraction of sp³-hybridized carbons (Fsp3) is 0.235. The Labute approximate surface area is 130 Å². The molecule has 110 valence electrons. The number of hydrogen-bond donors (Lipinski definition) is 2. The zero-order valence-corrected chi connectivity index (χ0v) is 12.9. The maximum atomic E-state index is 11.1. The minimum absolute atomic E-state index is 0.220. The third-order valence-corrected chi connectivity index (χ3v) is 3.94. The second-order valence-electron chi connectivity index (χ2n) is 5.13. The summed E-state index contributed by atoms with van der Waals surface area (Å²) in [5.74, 6) is -0.468. The van der Waals surface area contributed by atoms with E-state index in [2.05, 4.69) is 31.3 Å². The van der Waals surface area contributed by atoms with Crippen molar-refractivity contribution in [2.45, 2.75) is 26.4 Å². The van der Waals surface area contributed by atoms with Gasteiger partial charge >= 0.3 is 0 Å². The van der Waals surface area contributed by atoms with Crippen LogP contribution in [0.15, 0.2) is 42.5 Å². The molecule has 0 aromatic heterocycles. The molecule has 0 aliphatic rings. The molecule has 0 fully saturated rings. The molecule has 0 aliphatic carbocycles. The van der Waals surface area contributed by atoms with Crippen LogP contribution in [0, 0.1) is 6.92 Å². The zero-order chi connectivity index (χ0) is 15.4. The van der Waals surface area contributed by atoms with E-state index in [1.54, 1.807) is 12.1 Å². The summed E-state index contributed by atoms with van der Waals surface area (Å²) in [6, 6.07) is 13.6. The lowest BCUT2D eigenvalue weighted by molar-refractivity contribution is 0.100. The lowest BCUT2D eigenvalue weighted by atomic mass is 10.0. The van der Waals surface area contributed by atoms with Crippen LogP contribution in [-0.2, 0) is 6.54 Å². The molecule has 0 unspecified atom stereocenters. The molecular formula is C17H19ClN2O. The fourth-order valence-electron chi connectivity index (χ4n) is 2.29. The Balaban J connectivity index is 2.06. The number of amides is 1. The van der Waals surface area contributed by atoms with Crippen LogP contribution < -0.4 is 11.1 Å². The van der Waals surface area contributed by atoms with Gasteiger partial charge in [-0.25, -0.2) is 0 Å². The first-order chi connectivity index (χ1) is 9.99. The van der Waals surface area contributed by atoms with E-state index in [1.807, 2.05) is 18.2 Å². The predicted octanol–water partition coefficient (Wildman–Crippen LogP) is 3.60. The first-order valence-corrected chi connectivity index (χ1v) is 7.24. The summed E-state index contributed by atoms with van der Waals surface area (Å²) in [7, 11) is 0. The molecule has 1 amide bonds. The second-order valence-corrected chi connectivity index (χ2v) is 5.54. The van der Waals surface area contributed by atoms with E-state index in [4.69, 9.17) is 17.3 Å². The highest BCUT2D eigenvalue weighted by Crippen LogP contribution is 2.21. The topological polar surface area (TPSA) is 55.1 Å². The maximum Gasteiger partial charge on any atom is 0.248 e. The summed E-state index contributed by atoms with van der Waals surface area (Å²) >= 11 is 6.19. The highest BCUT2D eigenvalue weighted by molar-refractivity contribution is 6.31. The van der Waals surface area contributed by atoms with Crippen molar-refractivity contribution in [2.24, 2.45) is 5.73 Å². The standard InChI is InChI=1S/C17H19ClN2O/c1-11-5-3-4-6-15(11)12(2)20-10-14-8-7-13(17(19)21)9-16(14)18/h3-9,12,20H,10H2,1-2H3,(H2,19,21)/t12-/m0/s1. The second kappa shape index (κ2) is 6.74. The smallest absolute Gasteiger partial charge is 0.248 e. The van der Waals surface area contributed by atoms with Crippen molar-refractivity contribution in [2.75, 3.05) is 0 Å². The van der Waals surface area contributed by atoms with Crippen LogP contribution in [0.4, 0.5) is 0 Å². The van der Waals surface area contributed by atoms with Gasteiger partial charge in [-0.1, -0.05) is 41.9 Å². The molecule has 2 rings (SSSR count). The minimum atomic E-state index is -0.468. The molecule has 21 heavy (non-hydrogen) atoms. The van der Waals surface area contributed by atoms with Crippen LogP contribution in [0.3, 0.4) is 0 Å². The van der Waals surface area contributed by atoms with Crippen molar-refractivity contribution in [3.05, 3.63) is 69.7 Å². The lowest BCUT2D eigenvalue weighted by Gasteiger charge is -2.17. The first-order valence-electron chi connectivity index (χ1n) is 6.86. The van der Waals surface area contributed by atoms with Gasteiger partial charge in [0.2, 0.25) is 5.91 Å². The van der Waals surface area contributed by atoms with Crippen molar-refractivity contribution in [3.8, 4) is 0 Å². The van der Waals surface area contributed by atoms with Crippen LogP contribution >= 0.6 is 11.6 Å². The summed E-state index contributed by atoms with van der Waals surface area (Å²) in [6.45, 7) is 4.85. The average molecular weight is 303 g/mol. The molecule has 3 N–H and O–H groups in total. The molecule has 2 aromatic carbocycles. The van der Waals surface area contributed by atoms with Gasteiger partial charge < -0.3 is 11.1 Å². The van der Waals surface area contributed by atoms with E-state index >= 15 is 0 Å². The van der Waals surface area contributed by atoms with E-state index in [0.717, 1.165) is 5.56 Å². The third kappa shape index (κ3) is 3.84. The van der Waals surface area contributed by atoms with Gasteiger partial charge in [-0.2, -0.15) is 0 Å². The molecule has 0 saturated heterocycles. The number of rotatable bonds is 5. The fourth-order valence-corrected chi connectivity index (χ4v) is 2.54. The quantitative estimate of drug-likeness (QED) is 0.886. The van der Waals surface area contributed by atoms with Gasteiger partial charge in [-0.05, 0) is 42.7 Å². The predicted molar refractivity (Wildman–Crippen MR) is 86.4 cm³/mol. The van der Waals surface area contributed by atoms with Gasteiger partial charge in [0.25, 0.3) is 0 Å². The third-order valence-electron chi connectivity index (χ3n) is 3.59. The van der Waals surface area contributed by atoms with Crippen molar-refractivity contribution in [1.82, 2.24) is 5.32 Å². The Bertz CT molecular complexity index is 655. The molecule has 1 atom stereocenters. The molecule has 0 spiro atoms. The maximum absolute atomic E-state index is 11.1. The van der Waals surface area contributed by atoms with Crippen LogP contribution in [0.5, 0.6) is 0 Å². The highest BCUT2D eigenvalue weighted by Gasteiger charge is 2.09. The van der Waals surface area contributed by atoms with Gasteiger partial charge in [-0.3, -0.25) is 4.79 Å². The van der Waals surface area contributed by atoms with Crippen molar-refractivity contribution in [3.63, 3.8) is 0 Å². The number of nitrogens with one attached hydrogen (secondary N) is 1. The Morgan fingerprint density at radius 1 is 1.29 bits per heavy atom. The van der Waals surface area contributed by atoms with Gasteiger partial charge in [0.1, 0.15) is 0 Å². The molecule has 0 bridgehead atoms. The number of carbonyl (C=O) groups excluding carboxylic acids is 1. The summed E-state index contributed by atoms with van der Waals surface area (Å²) in [4.78, 5) is 11.1. The normalized spacial score (nSPS) is 12.1. The van der Waals surface area contributed by atoms with Gasteiger partial charge in [0, 0.05) is 23.2 Å². The highest BCUT2D eigenvalue weighted by atomic mass is 35.5. The lowest BCUT2D eigenvalue weighted by Crippen LogP contribution is -2.19. The summed E-state index contributed by atoms with van der Waals surface area (Å²) < 4.78 is 0. The monoisotopic (exact) mass is 302 g/mol. The van der Waals surface area contributed by atoms with Crippen molar-refractivity contribution in [1.29, 1.82) is 0 Å². The number of nitrogens with two attached hydrogens (primary N) is 1. The van der Waals surface area contributed by atoms with Crippen molar-refractivity contribution < 1.29 is 4.79 Å². The van der Waals surface area contributed by atoms with E-state index in [1.165, 1.54) is 11.1 Å². The van der Waals surface area contributed by atoms with Crippen LogP contribution in [0.2, 0.25) is 5.02 Å². The molecule has 4 heteroatoms. The molecule has 3 nitrogen and oxygen atoms in total. The molecule has 2 aromatic rings. The van der Waals surface area contributed by atoms with Gasteiger partial charge in [0.15, 0.2) is 0 Å². The average Bonchev–Trinajstić information content (AvgIpc) is 2.46. The van der Waals surface area contributed by atoms with E-state index < -0.39 is 5.91 Å². The minimum Gasteiger partial charge on any atom is -0.366 e. The SMILES string of the molecule is Cc1ccccc1[C@H](C)NCc1ccc(C(N)=O)cc1Cl. The molecule has 0 aliphatic heterocycles. The van der Waals surface area contributed by atoms with Crippen molar-refractivity contribution >= 4 is 17.5 Å². The summed E-state index contributed by atoms with van der Waals surface area (Å²) in [6.07, 6.45) is 0. The molecular weight excluding hydrogens is 284 g/mol. The number of halogens is 1. The number of hydrogen-bond acceptors (Lipinski definition) is 2. The van der Waals surface area contributed by atoms with E-state index in [9.17, 15) is 4.79 Å². The van der Waals surface area contributed by atoms with E-state index in [0.29, 0.717) is 17.1 Å². The largest absolute Gasteiger partial charge is 0.366 e. The first kappa shape index (κ1) is 15.5.